The zero-order valence-electron chi connectivity index (χ0n) is 84.0. The summed E-state index contributed by atoms with van der Waals surface area (Å²) < 4.78 is 0. The van der Waals surface area contributed by atoms with Crippen LogP contribution < -0.4 is 0 Å². The van der Waals surface area contributed by atoms with Crippen molar-refractivity contribution in [1.82, 2.24) is 4.98 Å². The molecule has 1 heterocycles. The average Bonchev–Trinajstić information content (AvgIpc) is 0.817. The first kappa shape index (κ1) is 125. The average molecular weight is 1990 g/mol. The Balaban J connectivity index is 0.00000146. The quantitative estimate of drug-likeness (QED) is 0.0340. The summed E-state index contributed by atoms with van der Waals surface area (Å²) in [6.07, 6.45) is 0. The molecule has 5 aromatic carbocycles. The minimum atomic E-state index is -0.220. The molecule has 716 valence electrons. The van der Waals surface area contributed by atoms with Crippen molar-refractivity contribution in [3.8, 4) is 11.1 Å². The maximum atomic E-state index is 11.4. The first-order chi connectivity index (χ1) is 59.8. The Bertz CT molecular complexity index is 3310. The third-order valence-electron chi connectivity index (χ3n) is 16.5. The van der Waals surface area contributed by atoms with E-state index in [4.69, 9.17) is 4.98 Å². The molecule has 0 atom stereocenters. The van der Waals surface area contributed by atoms with Crippen molar-refractivity contribution in [3.05, 3.63) is 195 Å². The van der Waals surface area contributed by atoms with Crippen molar-refractivity contribution in [2.24, 2.45) is 82.9 Å². The molecule has 6 rings (SSSR count). The third-order valence-corrected chi connectivity index (χ3v) is 36.4. The van der Waals surface area contributed by atoms with E-state index in [1.807, 2.05) is 94.1 Å². The molecule has 0 aliphatic carbocycles. The Labute approximate surface area is 837 Å². The van der Waals surface area contributed by atoms with E-state index in [0.717, 1.165) is 140 Å². The highest BCUT2D eigenvalue weighted by atomic mass is 32.2. The summed E-state index contributed by atoms with van der Waals surface area (Å²) in [6.45, 7) is 62.8. The molecule has 126 heavy (non-hydrogen) atoms. The van der Waals surface area contributed by atoms with E-state index < -0.39 is 0 Å². The van der Waals surface area contributed by atoms with Gasteiger partial charge in [-0.2, -0.15) is 165 Å². The number of carbonyl (C=O) groups is 3. The fourth-order valence-electron chi connectivity index (χ4n) is 10.7. The number of pyridine rings is 1. The monoisotopic (exact) mass is 1980 g/mol. The van der Waals surface area contributed by atoms with Crippen LogP contribution in [-0.4, -0.2) is 126 Å². The van der Waals surface area contributed by atoms with Gasteiger partial charge in [0.15, 0.2) is 5.78 Å². The molecule has 18 heteroatoms. The second kappa shape index (κ2) is 81.3. The number of benzene rings is 5. The van der Waals surface area contributed by atoms with Gasteiger partial charge in [-0.3, -0.25) is 19.4 Å². The minimum Gasteiger partial charge on any atom is -0.298 e. The zero-order chi connectivity index (χ0) is 94.4. The molecular weight excluding hydrogens is 1810 g/mol. The van der Waals surface area contributed by atoms with Crippen LogP contribution >= 0.6 is 165 Å². The maximum Gasteiger partial charge on any atom is 0.209 e. The van der Waals surface area contributed by atoms with Gasteiger partial charge in [-0.1, -0.05) is 321 Å². The van der Waals surface area contributed by atoms with Crippen molar-refractivity contribution < 1.29 is 14.4 Å². The van der Waals surface area contributed by atoms with Crippen LogP contribution in [0, 0.1) is 82.9 Å². The molecule has 0 aliphatic heterocycles. The van der Waals surface area contributed by atoms with Crippen molar-refractivity contribution in [3.63, 3.8) is 0 Å². The highest BCUT2D eigenvalue weighted by Crippen LogP contribution is 2.34. The third kappa shape index (κ3) is 77.3. The summed E-state index contributed by atoms with van der Waals surface area (Å²) in [5, 5.41) is 0. The standard InChI is InChI=1S/C22H30S2.3C16H26S2.C15H25NS2.C12H22O2S2.C11H22OS2/c1-17(2)13-23-15-19-9-5-7-11-21(19)22-12-8-6-10-20(22)16-24-14-18(3)4;1-13(2)9-17-11-15-5-7-16(8-6-15)12-18-10-14(3)4;1-13(2)9-17-11-15-6-5-7-16(8-15)12-18-10-14(3)4;1-13(2)9-17-11-15-7-5-6-8-16(15)12-18-10-14(3)4;1-12(2)8-17-10-14-6-5-7-15(16-14)11-18-9-13(3)4;1-9(2)5-15-7-11(13)12(14)8-16-6-10(3)4;1-9(2)5-13-7-11(12)8-14-6-10(3)4/h5-12,17-18H,13-16H2,1-4H3;3*5-8,13-14H,9-12H2,1-4H3;5-7,12-13H,8-11H2,1-4H3;9-10H,5-8H2,1-4H3;9-10H,5-8H2,1-4H3. The summed E-state index contributed by atoms with van der Waals surface area (Å²) in [4.78, 5) is 38.9. The summed E-state index contributed by atoms with van der Waals surface area (Å²) in [7, 11) is 0. The van der Waals surface area contributed by atoms with E-state index in [1.165, 1.54) is 125 Å². The van der Waals surface area contributed by atoms with Crippen molar-refractivity contribution in [1.29, 1.82) is 0 Å². The molecule has 0 spiro atoms. The maximum absolute atomic E-state index is 11.4. The molecular formula is C108H177NO3S14. The predicted molar refractivity (Wildman–Crippen MR) is 609 cm³/mol. The van der Waals surface area contributed by atoms with Crippen LogP contribution in [0.1, 0.15) is 250 Å². The molecule has 1 aromatic heterocycles. The van der Waals surface area contributed by atoms with Gasteiger partial charge in [0.05, 0.1) is 34.4 Å². The number of carbonyl (C=O) groups excluding carboxylic acids is 3. The number of rotatable bonds is 58. The van der Waals surface area contributed by atoms with E-state index in [-0.39, 0.29) is 11.6 Å². The molecule has 0 fully saturated rings. The van der Waals surface area contributed by atoms with Crippen molar-refractivity contribution in [2.75, 3.05) is 104 Å². The zero-order valence-corrected chi connectivity index (χ0v) is 95.5. The van der Waals surface area contributed by atoms with Crippen LogP contribution in [0.25, 0.3) is 11.1 Å². The van der Waals surface area contributed by atoms with E-state index in [2.05, 4.69) is 357 Å². The van der Waals surface area contributed by atoms with Crippen LogP contribution in [0.5, 0.6) is 0 Å². The smallest absolute Gasteiger partial charge is 0.209 e. The van der Waals surface area contributed by atoms with Crippen molar-refractivity contribution in [2.45, 2.75) is 251 Å². The van der Waals surface area contributed by atoms with Gasteiger partial charge in [-0.05, 0) is 231 Å². The normalized spacial score (nSPS) is 11.4. The van der Waals surface area contributed by atoms with E-state index >= 15 is 0 Å². The molecule has 0 bridgehead atoms. The predicted octanol–water partition coefficient (Wildman–Crippen LogP) is 34.6. The first-order valence-corrected chi connectivity index (χ1v) is 63.0. The molecule has 0 amide bonds. The fourth-order valence-corrected chi connectivity index (χ4v) is 24.9. The lowest BCUT2D eigenvalue weighted by atomic mass is 9.97. The second-order valence-corrected chi connectivity index (χ2v) is 52.9. The number of ketones is 3. The number of hydrogen-bond acceptors (Lipinski definition) is 18. The van der Waals surface area contributed by atoms with Crippen LogP contribution in [-0.2, 0) is 71.9 Å². The Hall–Kier alpha value is -0.840. The van der Waals surface area contributed by atoms with Crippen LogP contribution in [0.2, 0.25) is 0 Å². The van der Waals surface area contributed by atoms with Gasteiger partial charge in [0, 0.05) is 57.5 Å². The van der Waals surface area contributed by atoms with Gasteiger partial charge < -0.3 is 0 Å². The first-order valence-electron chi connectivity index (χ1n) is 46.8. The van der Waals surface area contributed by atoms with Gasteiger partial charge >= 0.3 is 0 Å². The molecule has 6 aromatic rings. The van der Waals surface area contributed by atoms with Crippen molar-refractivity contribution >= 4 is 182 Å². The Morgan fingerprint density at radius 1 is 0.206 bits per heavy atom. The number of nitrogens with zero attached hydrogens (tertiary/aromatic N) is 1. The van der Waals surface area contributed by atoms with E-state index in [9.17, 15) is 14.4 Å². The lowest BCUT2D eigenvalue weighted by Crippen LogP contribution is -2.19. The number of hydrogen-bond donors (Lipinski definition) is 0. The van der Waals surface area contributed by atoms with E-state index in [1.54, 1.807) is 47.0 Å². The van der Waals surface area contributed by atoms with Crippen LogP contribution in [0.4, 0.5) is 0 Å². The molecule has 0 saturated carbocycles. The SMILES string of the molecule is CC(C)CSCC(=O)C(=O)CSCC(C)C.CC(C)CSCC(=O)CSCC(C)C.CC(C)CSCc1ccc(CSCC(C)C)cc1.CC(C)CSCc1cccc(CSCC(C)C)c1.CC(C)CSCc1cccc(CSCC(C)C)n1.CC(C)CSCc1ccccc1-c1ccccc1CSCC(C)C.CC(C)CSCc1ccccc1CSCC(C)C. The Morgan fingerprint density at radius 2 is 0.413 bits per heavy atom. The molecule has 4 nitrogen and oxygen atoms in total. The summed E-state index contributed by atoms with van der Waals surface area (Å²) in [5.41, 5.74) is 17.1. The highest BCUT2D eigenvalue weighted by molar-refractivity contribution is 8.02. The number of Topliss-reactive ketones (excluding diaryl/α,β-unsaturated/α-hetero) is 3. The Kier molecular flexibility index (Phi) is 80.8. The van der Waals surface area contributed by atoms with Crippen LogP contribution in [0.3, 0.4) is 0 Å². The lowest BCUT2D eigenvalue weighted by molar-refractivity contribution is -0.133. The summed E-state index contributed by atoms with van der Waals surface area (Å²) in [5.74, 6) is 40.1. The second-order valence-electron chi connectivity index (χ2n) is 38.5. The van der Waals surface area contributed by atoms with Gasteiger partial charge in [-0.15, -0.1) is 0 Å². The van der Waals surface area contributed by atoms with Gasteiger partial charge in [-0.25, -0.2) is 0 Å². The van der Waals surface area contributed by atoms with E-state index in [0.29, 0.717) is 52.5 Å². The molecule has 0 N–H and O–H groups in total. The van der Waals surface area contributed by atoms with Crippen LogP contribution in [0.15, 0.2) is 140 Å². The molecule has 0 saturated heterocycles. The Morgan fingerprint density at radius 3 is 0.683 bits per heavy atom. The summed E-state index contributed by atoms with van der Waals surface area (Å²) >= 11 is 27.0. The van der Waals surface area contributed by atoms with Gasteiger partial charge in [0.1, 0.15) is 0 Å². The fraction of sp³-hybridized carbons (Fsp3) is 0.648. The number of aromatic nitrogens is 1. The van der Waals surface area contributed by atoms with Gasteiger partial charge in [0.25, 0.3) is 0 Å². The minimum absolute atomic E-state index is 0.220. The number of thioether (sulfide) groups is 14. The molecule has 0 radical (unpaired) electrons. The van der Waals surface area contributed by atoms with Gasteiger partial charge in [0.2, 0.25) is 11.6 Å². The molecule has 0 unspecified atom stereocenters. The topological polar surface area (TPSA) is 64.1 Å². The summed E-state index contributed by atoms with van der Waals surface area (Å²) in [6, 6.07) is 51.4. The lowest BCUT2D eigenvalue weighted by Gasteiger charge is -2.15. The largest absolute Gasteiger partial charge is 0.298 e. The highest BCUT2D eigenvalue weighted by Gasteiger charge is 2.16. The molecule has 0 aliphatic rings.